The van der Waals surface area contributed by atoms with Crippen molar-refractivity contribution in [1.82, 2.24) is 34.7 Å². The Labute approximate surface area is 229 Å². The minimum absolute atomic E-state index is 0.0102. The van der Waals surface area contributed by atoms with Gasteiger partial charge >= 0.3 is 6.18 Å². The van der Waals surface area contributed by atoms with E-state index in [4.69, 9.17) is 9.47 Å². The molecule has 1 N–H and O–H groups in total. The zero-order chi connectivity index (χ0) is 27.7. The maximum absolute atomic E-state index is 13.7. The van der Waals surface area contributed by atoms with Gasteiger partial charge in [0.15, 0.2) is 11.4 Å². The average Bonchev–Trinajstić information content (AvgIpc) is 3.60. The fourth-order valence-electron chi connectivity index (χ4n) is 5.57. The van der Waals surface area contributed by atoms with Gasteiger partial charge in [0.2, 0.25) is 0 Å². The first kappa shape index (κ1) is 26.5. The second kappa shape index (κ2) is 11.0. The summed E-state index contributed by atoms with van der Waals surface area (Å²) in [6.07, 6.45) is 1.31. The predicted octanol–water partition coefficient (Wildman–Crippen LogP) is 3.84. The molecule has 0 atom stereocenters. The summed E-state index contributed by atoms with van der Waals surface area (Å²) >= 11 is 0. The van der Waals surface area contributed by atoms with Gasteiger partial charge in [-0.1, -0.05) is 0 Å². The van der Waals surface area contributed by atoms with Crippen LogP contribution in [0.4, 0.5) is 18.9 Å². The van der Waals surface area contributed by atoms with Gasteiger partial charge in [-0.3, -0.25) is 15.0 Å². The van der Waals surface area contributed by atoms with Crippen LogP contribution in [-0.2, 0) is 11.2 Å². The highest BCUT2D eigenvalue weighted by Gasteiger charge is 2.33. The Balaban J connectivity index is 1.22. The number of hydrogen-bond donors (Lipinski definition) is 1. The molecule has 6 heterocycles. The third-order valence-electron chi connectivity index (χ3n) is 7.68. The van der Waals surface area contributed by atoms with Gasteiger partial charge in [0.05, 0.1) is 42.5 Å². The predicted molar refractivity (Wildman–Crippen MR) is 142 cm³/mol. The molecule has 0 aliphatic carbocycles. The van der Waals surface area contributed by atoms with Crippen LogP contribution in [0, 0.1) is 5.92 Å². The lowest BCUT2D eigenvalue weighted by molar-refractivity contribution is -0.127. The Kier molecular flexibility index (Phi) is 7.32. The molecule has 0 spiro atoms. The Morgan fingerprint density at radius 3 is 2.60 bits per heavy atom. The number of rotatable bonds is 7. The van der Waals surface area contributed by atoms with E-state index in [0.717, 1.165) is 64.5 Å². The first-order chi connectivity index (χ1) is 19.4. The summed E-state index contributed by atoms with van der Waals surface area (Å²) in [4.78, 5) is 13.5. The number of aromatic nitrogens is 6. The average molecular weight is 557 g/mol. The number of methoxy groups -OCH3 is 1. The molecular formula is C27H31F3N8O2. The minimum atomic E-state index is -4.45. The molecule has 4 aromatic heterocycles. The van der Waals surface area contributed by atoms with Crippen molar-refractivity contribution in [3.05, 3.63) is 42.5 Å². The molecule has 6 rings (SSSR count). The molecule has 2 fully saturated rings. The summed E-state index contributed by atoms with van der Waals surface area (Å²) in [6, 6.07) is 5.28. The Morgan fingerprint density at radius 1 is 1.10 bits per heavy atom. The quantitative estimate of drug-likeness (QED) is 0.367. The van der Waals surface area contributed by atoms with E-state index in [9.17, 15) is 13.2 Å². The number of nitrogens with one attached hydrogen (secondary N) is 1. The number of pyridine rings is 2. The standard InChI is InChI=1S/C27H31F3N8O2/c1-39-23-12-19(16-38-26(23)32-17-33-38)24-21(13-27(28,29)30)25(35-34-24)22-3-2-20(14-31-22)37-8-6-36(7-9-37)15-18-4-10-40-11-5-18/h2-3,12,14,16-18H,4-11,13,15H2,1H3,(H,34,35). The monoisotopic (exact) mass is 556 g/mol. The molecule has 0 bridgehead atoms. The van der Waals surface area contributed by atoms with Crippen molar-refractivity contribution in [3.63, 3.8) is 0 Å². The van der Waals surface area contributed by atoms with Crippen molar-refractivity contribution in [2.24, 2.45) is 5.92 Å². The van der Waals surface area contributed by atoms with Crippen molar-refractivity contribution in [2.75, 3.05) is 57.9 Å². The SMILES string of the molecule is COc1cc(-c2n[nH]c(-c3ccc(N4CCN(CC5CCOCC5)CC4)cn3)c2CC(F)(F)F)cn2ncnc12. The number of ether oxygens (including phenoxy) is 2. The van der Waals surface area contributed by atoms with Crippen LogP contribution in [0.3, 0.4) is 0 Å². The first-order valence-electron chi connectivity index (χ1n) is 13.4. The van der Waals surface area contributed by atoms with Crippen molar-refractivity contribution >= 4 is 11.3 Å². The molecule has 2 aliphatic rings. The lowest BCUT2D eigenvalue weighted by Crippen LogP contribution is -2.48. The van der Waals surface area contributed by atoms with Crippen LogP contribution < -0.4 is 9.64 Å². The Morgan fingerprint density at radius 2 is 1.90 bits per heavy atom. The van der Waals surface area contributed by atoms with Crippen LogP contribution in [0.25, 0.3) is 28.3 Å². The molecule has 212 valence electrons. The van der Waals surface area contributed by atoms with E-state index < -0.39 is 12.6 Å². The second-order valence-electron chi connectivity index (χ2n) is 10.3. The lowest BCUT2D eigenvalue weighted by Gasteiger charge is -2.38. The molecule has 4 aromatic rings. The number of halogens is 3. The van der Waals surface area contributed by atoms with Crippen molar-refractivity contribution in [3.8, 4) is 28.4 Å². The molecule has 40 heavy (non-hydrogen) atoms. The highest BCUT2D eigenvalue weighted by Crippen LogP contribution is 2.36. The number of anilines is 1. The summed E-state index contributed by atoms with van der Waals surface area (Å²) in [6.45, 7) is 6.52. The Hall–Kier alpha value is -3.71. The van der Waals surface area contributed by atoms with Crippen molar-refractivity contribution < 1.29 is 22.6 Å². The van der Waals surface area contributed by atoms with Crippen LogP contribution in [0.2, 0.25) is 0 Å². The molecule has 10 nitrogen and oxygen atoms in total. The van der Waals surface area contributed by atoms with E-state index in [0.29, 0.717) is 28.6 Å². The van der Waals surface area contributed by atoms with E-state index in [1.165, 1.54) is 18.0 Å². The molecular weight excluding hydrogens is 525 g/mol. The van der Waals surface area contributed by atoms with Crippen LogP contribution in [-0.4, -0.2) is 93.9 Å². The molecule has 2 saturated heterocycles. The van der Waals surface area contributed by atoms with E-state index in [1.54, 1.807) is 24.5 Å². The topological polar surface area (TPSA) is 96.7 Å². The van der Waals surface area contributed by atoms with Gasteiger partial charge < -0.3 is 14.4 Å². The van der Waals surface area contributed by atoms with E-state index in [1.807, 2.05) is 6.07 Å². The fraction of sp³-hybridized carbons (Fsp3) is 0.481. The van der Waals surface area contributed by atoms with Crippen LogP contribution >= 0.6 is 0 Å². The number of nitrogens with zero attached hydrogens (tertiary/aromatic N) is 7. The van der Waals surface area contributed by atoms with Crippen molar-refractivity contribution in [2.45, 2.75) is 25.4 Å². The minimum Gasteiger partial charge on any atom is -0.493 e. The van der Waals surface area contributed by atoms with E-state index in [-0.39, 0.29) is 17.0 Å². The number of aromatic amines is 1. The molecule has 2 aliphatic heterocycles. The summed E-state index contributed by atoms with van der Waals surface area (Å²) < 4.78 is 53.5. The van der Waals surface area contributed by atoms with E-state index >= 15 is 0 Å². The maximum Gasteiger partial charge on any atom is 0.393 e. The summed E-state index contributed by atoms with van der Waals surface area (Å²) in [5.74, 6) is 1.08. The third-order valence-corrected chi connectivity index (χ3v) is 7.68. The molecule has 0 unspecified atom stereocenters. The highest BCUT2D eigenvalue weighted by atomic mass is 19.4. The highest BCUT2D eigenvalue weighted by molar-refractivity contribution is 5.75. The van der Waals surface area contributed by atoms with E-state index in [2.05, 4.69) is 35.1 Å². The third kappa shape index (κ3) is 5.61. The van der Waals surface area contributed by atoms with Gasteiger partial charge in [-0.25, -0.2) is 9.50 Å². The summed E-state index contributed by atoms with van der Waals surface area (Å²) in [5.41, 5.74) is 2.64. The molecule has 0 radical (unpaired) electrons. The number of piperazine rings is 1. The van der Waals surface area contributed by atoms with Crippen molar-refractivity contribution in [1.29, 1.82) is 0 Å². The normalized spacial score (nSPS) is 17.6. The smallest absolute Gasteiger partial charge is 0.393 e. The van der Waals surface area contributed by atoms with Gasteiger partial charge in [-0.15, -0.1) is 0 Å². The zero-order valence-corrected chi connectivity index (χ0v) is 22.2. The Bertz CT molecular complexity index is 1440. The molecule has 13 heteroatoms. The van der Waals surface area contributed by atoms with Gasteiger partial charge in [-0.05, 0) is 37.0 Å². The fourth-order valence-corrected chi connectivity index (χ4v) is 5.57. The number of hydrogen-bond acceptors (Lipinski definition) is 8. The van der Waals surface area contributed by atoms with Crippen LogP contribution in [0.15, 0.2) is 36.9 Å². The molecule has 0 amide bonds. The largest absolute Gasteiger partial charge is 0.493 e. The first-order valence-corrected chi connectivity index (χ1v) is 13.4. The summed E-state index contributed by atoms with van der Waals surface area (Å²) in [5, 5.41) is 11.2. The number of alkyl halides is 3. The zero-order valence-electron chi connectivity index (χ0n) is 22.2. The van der Waals surface area contributed by atoms with Gasteiger partial charge in [0.25, 0.3) is 0 Å². The van der Waals surface area contributed by atoms with Gasteiger partial charge in [-0.2, -0.15) is 23.4 Å². The number of fused-ring (bicyclic) bond motifs is 1. The maximum atomic E-state index is 13.7. The van der Waals surface area contributed by atoms with Gasteiger partial charge in [0, 0.05) is 63.3 Å². The lowest BCUT2D eigenvalue weighted by atomic mass is 9.99. The molecule has 0 aromatic carbocycles. The van der Waals surface area contributed by atoms with Crippen LogP contribution in [0.1, 0.15) is 18.4 Å². The molecule has 0 saturated carbocycles. The summed E-state index contributed by atoms with van der Waals surface area (Å²) in [7, 11) is 1.47. The second-order valence-corrected chi connectivity index (χ2v) is 10.3. The number of H-pyrrole nitrogens is 1. The van der Waals surface area contributed by atoms with Crippen LogP contribution in [0.5, 0.6) is 5.75 Å². The van der Waals surface area contributed by atoms with Gasteiger partial charge in [0.1, 0.15) is 6.33 Å².